The van der Waals surface area contributed by atoms with Crippen LogP contribution in [0.3, 0.4) is 0 Å². The minimum atomic E-state index is -0.469. The van der Waals surface area contributed by atoms with Crippen LogP contribution in [0.4, 0.5) is 0 Å². The molecule has 190 valence electrons. The zero-order chi connectivity index (χ0) is 25.7. The lowest BCUT2D eigenvalue weighted by atomic mass is 10.2. The first kappa shape index (κ1) is 25.2. The summed E-state index contributed by atoms with van der Waals surface area (Å²) in [6, 6.07) is 9.46. The van der Waals surface area contributed by atoms with Gasteiger partial charge in [-0.2, -0.15) is 0 Å². The number of nitrogens with one attached hydrogen (secondary N) is 1. The molecule has 10 nitrogen and oxygen atoms in total. The first-order valence-electron chi connectivity index (χ1n) is 12.2. The Bertz CT molecular complexity index is 1450. The van der Waals surface area contributed by atoms with Gasteiger partial charge in [0.05, 0.1) is 6.42 Å². The molecule has 0 aliphatic rings. The fourth-order valence-corrected chi connectivity index (χ4v) is 4.02. The Morgan fingerprint density at radius 2 is 1.92 bits per heavy atom. The van der Waals surface area contributed by atoms with E-state index in [-0.39, 0.29) is 25.4 Å². The number of unbranched alkanes of at least 4 members (excludes halogenated alkanes) is 1. The molecule has 1 N–H and O–H groups in total. The van der Waals surface area contributed by atoms with Crippen LogP contribution in [0.1, 0.15) is 51.6 Å². The van der Waals surface area contributed by atoms with Gasteiger partial charge in [0.1, 0.15) is 24.4 Å². The Balaban J connectivity index is 1.48. The van der Waals surface area contributed by atoms with Crippen molar-refractivity contribution in [3.05, 3.63) is 69.0 Å². The van der Waals surface area contributed by atoms with Crippen molar-refractivity contribution < 1.29 is 13.9 Å². The summed E-state index contributed by atoms with van der Waals surface area (Å²) >= 11 is 0. The normalized spacial score (nSPS) is 11.4. The first-order chi connectivity index (χ1) is 17.4. The highest BCUT2D eigenvalue weighted by atomic mass is 16.5. The van der Waals surface area contributed by atoms with E-state index in [9.17, 15) is 14.4 Å². The lowest BCUT2D eigenvalue weighted by molar-refractivity contribution is -0.145. The molecule has 1 aromatic carbocycles. The van der Waals surface area contributed by atoms with E-state index >= 15 is 0 Å². The van der Waals surface area contributed by atoms with Gasteiger partial charge in [-0.3, -0.25) is 19.1 Å². The van der Waals surface area contributed by atoms with Gasteiger partial charge in [0, 0.05) is 25.1 Å². The van der Waals surface area contributed by atoms with Gasteiger partial charge >= 0.3 is 11.7 Å². The summed E-state index contributed by atoms with van der Waals surface area (Å²) < 4.78 is 14.2. The molecule has 0 aliphatic carbocycles. The lowest BCUT2D eigenvalue weighted by Crippen LogP contribution is -2.31. The maximum atomic E-state index is 12.7. The molecule has 0 bridgehead atoms. The molecular weight excluding hydrogens is 462 g/mol. The van der Waals surface area contributed by atoms with Gasteiger partial charge in [-0.25, -0.2) is 14.8 Å². The third-order valence-electron chi connectivity index (χ3n) is 5.75. The van der Waals surface area contributed by atoms with E-state index in [1.165, 1.54) is 10.8 Å². The fourth-order valence-electron chi connectivity index (χ4n) is 4.02. The van der Waals surface area contributed by atoms with Gasteiger partial charge in [0.2, 0.25) is 5.89 Å². The number of hydrogen-bond donors (Lipinski definition) is 1. The van der Waals surface area contributed by atoms with Gasteiger partial charge in [-0.15, -0.1) is 0 Å². The predicted molar refractivity (Wildman–Crippen MR) is 134 cm³/mol. The number of oxazole rings is 1. The second-order valence-electron chi connectivity index (χ2n) is 9.14. The maximum Gasteiger partial charge on any atom is 0.330 e. The Hall–Kier alpha value is -3.95. The molecule has 3 heterocycles. The van der Waals surface area contributed by atoms with E-state index in [2.05, 4.69) is 15.0 Å². The van der Waals surface area contributed by atoms with Gasteiger partial charge < -0.3 is 13.7 Å². The summed E-state index contributed by atoms with van der Waals surface area (Å²) in [4.78, 5) is 49.1. The average Bonchev–Trinajstić information content (AvgIpc) is 3.47. The van der Waals surface area contributed by atoms with E-state index in [0.717, 1.165) is 18.4 Å². The molecule has 0 radical (unpaired) electrons. The Kier molecular flexibility index (Phi) is 7.82. The third-order valence-corrected chi connectivity index (χ3v) is 5.75. The van der Waals surface area contributed by atoms with Crippen LogP contribution in [-0.2, 0) is 35.6 Å². The zero-order valence-electron chi connectivity index (χ0n) is 20.8. The molecule has 10 heteroatoms. The van der Waals surface area contributed by atoms with Crippen LogP contribution in [0.15, 0.2) is 50.6 Å². The second-order valence-corrected chi connectivity index (χ2v) is 9.14. The van der Waals surface area contributed by atoms with Crippen LogP contribution in [0, 0.1) is 5.92 Å². The van der Waals surface area contributed by atoms with Crippen molar-refractivity contribution in [3.8, 4) is 11.5 Å². The smallest absolute Gasteiger partial charge is 0.330 e. The Morgan fingerprint density at radius 3 is 2.64 bits per heavy atom. The predicted octanol–water partition coefficient (Wildman–Crippen LogP) is 3.67. The molecule has 0 fully saturated rings. The standard InChI is InChI=1S/C26H31N5O5/c1-4-5-13-30-23-22(24(33)29-26(30)34)31(14-17(2)3)20(28-23)11-12-21(32)35-15-19-16-36-25(27-19)18-9-7-6-8-10-18/h6-10,16-17H,4-5,11-15H2,1-3H3,(H,29,33,34). The molecule has 0 amide bonds. The topological polar surface area (TPSA) is 125 Å². The van der Waals surface area contributed by atoms with Crippen LogP contribution in [-0.4, -0.2) is 30.1 Å². The number of ether oxygens (including phenoxy) is 1. The number of esters is 1. The van der Waals surface area contributed by atoms with Crippen LogP contribution >= 0.6 is 0 Å². The van der Waals surface area contributed by atoms with Gasteiger partial charge in [-0.05, 0) is 24.5 Å². The van der Waals surface area contributed by atoms with Crippen LogP contribution in [0.25, 0.3) is 22.6 Å². The number of benzene rings is 1. The van der Waals surface area contributed by atoms with Crippen LogP contribution in [0.2, 0.25) is 0 Å². The fraction of sp³-hybridized carbons (Fsp3) is 0.423. The van der Waals surface area contributed by atoms with Crippen molar-refractivity contribution in [2.75, 3.05) is 0 Å². The minimum absolute atomic E-state index is 0.00615. The molecule has 4 aromatic rings. The molecule has 0 atom stereocenters. The summed E-state index contributed by atoms with van der Waals surface area (Å²) in [5.74, 6) is 0.849. The molecule has 0 saturated carbocycles. The van der Waals surface area contributed by atoms with E-state index in [4.69, 9.17) is 9.15 Å². The number of imidazole rings is 1. The molecule has 3 aromatic heterocycles. The quantitative estimate of drug-likeness (QED) is 0.316. The number of H-pyrrole nitrogens is 1. The van der Waals surface area contributed by atoms with Gasteiger partial charge in [0.25, 0.3) is 5.56 Å². The van der Waals surface area contributed by atoms with Crippen molar-refractivity contribution in [3.63, 3.8) is 0 Å². The van der Waals surface area contributed by atoms with Crippen molar-refractivity contribution in [2.45, 2.75) is 66.2 Å². The third kappa shape index (κ3) is 5.64. The van der Waals surface area contributed by atoms with E-state index in [1.807, 2.05) is 55.7 Å². The van der Waals surface area contributed by atoms with Crippen molar-refractivity contribution in [2.24, 2.45) is 5.92 Å². The average molecular weight is 494 g/mol. The summed E-state index contributed by atoms with van der Waals surface area (Å²) in [5.41, 5.74) is 1.14. The number of fused-ring (bicyclic) bond motifs is 1. The number of aromatic amines is 1. The first-order valence-corrected chi connectivity index (χ1v) is 12.2. The van der Waals surface area contributed by atoms with E-state index < -0.39 is 17.2 Å². The van der Waals surface area contributed by atoms with Gasteiger partial charge in [-0.1, -0.05) is 45.4 Å². The molecular formula is C26H31N5O5. The number of aryl methyl sites for hydroxylation is 2. The highest BCUT2D eigenvalue weighted by molar-refractivity contribution is 5.72. The summed E-state index contributed by atoms with van der Waals surface area (Å²) in [6.07, 6.45) is 3.50. The van der Waals surface area contributed by atoms with Crippen molar-refractivity contribution in [1.29, 1.82) is 0 Å². The minimum Gasteiger partial charge on any atom is -0.459 e. The zero-order valence-corrected chi connectivity index (χ0v) is 20.8. The molecule has 0 spiro atoms. The molecule has 4 rings (SSSR count). The van der Waals surface area contributed by atoms with Crippen molar-refractivity contribution in [1.82, 2.24) is 24.1 Å². The molecule has 0 unspecified atom stereocenters. The Labute approximate surface area is 208 Å². The number of carbonyl (C=O) groups excluding carboxylic acids is 1. The number of aromatic nitrogens is 5. The van der Waals surface area contributed by atoms with Gasteiger partial charge in [0.15, 0.2) is 11.2 Å². The summed E-state index contributed by atoms with van der Waals surface area (Å²) in [5, 5.41) is 0. The maximum absolute atomic E-state index is 12.7. The molecule has 0 aliphatic heterocycles. The highest BCUT2D eigenvalue weighted by Crippen LogP contribution is 2.19. The number of carbonyl (C=O) groups is 1. The van der Waals surface area contributed by atoms with Crippen molar-refractivity contribution >= 4 is 17.1 Å². The van der Waals surface area contributed by atoms with Crippen LogP contribution in [0.5, 0.6) is 0 Å². The number of nitrogens with zero attached hydrogens (tertiary/aromatic N) is 4. The second kappa shape index (κ2) is 11.2. The van der Waals surface area contributed by atoms with E-state index in [1.54, 1.807) is 0 Å². The Morgan fingerprint density at radius 1 is 1.14 bits per heavy atom. The summed E-state index contributed by atoms with van der Waals surface area (Å²) in [6.45, 7) is 7.10. The highest BCUT2D eigenvalue weighted by Gasteiger charge is 2.20. The largest absolute Gasteiger partial charge is 0.459 e. The SMILES string of the molecule is CCCCn1c(=O)[nH]c(=O)c2c1nc(CCC(=O)OCc1coc(-c3ccccc3)n1)n2CC(C)C. The monoisotopic (exact) mass is 493 g/mol. The molecule has 36 heavy (non-hydrogen) atoms. The lowest BCUT2D eigenvalue weighted by Gasteiger charge is -2.11. The number of rotatable bonds is 11. The number of hydrogen-bond acceptors (Lipinski definition) is 7. The summed E-state index contributed by atoms with van der Waals surface area (Å²) in [7, 11) is 0. The molecule has 0 saturated heterocycles. The van der Waals surface area contributed by atoms with Crippen LogP contribution < -0.4 is 11.2 Å². The van der Waals surface area contributed by atoms with E-state index in [0.29, 0.717) is 41.7 Å².